The molecule has 0 fully saturated rings. The van der Waals surface area contributed by atoms with E-state index in [0.717, 1.165) is 5.56 Å². The van der Waals surface area contributed by atoms with Crippen molar-refractivity contribution < 1.29 is 23.9 Å². The fourth-order valence-electron chi connectivity index (χ4n) is 1.76. The zero-order valence-electron chi connectivity index (χ0n) is 13.0. The van der Waals surface area contributed by atoms with Gasteiger partial charge in [-0.1, -0.05) is 30.3 Å². The molecule has 0 aliphatic carbocycles. The van der Waals surface area contributed by atoms with Gasteiger partial charge in [0.2, 0.25) is 11.8 Å². The highest BCUT2D eigenvalue weighted by atomic mass is 31.2. The lowest BCUT2D eigenvalue weighted by atomic mass is 10.1. The third-order valence-electron chi connectivity index (χ3n) is 3.24. The minimum atomic E-state index is -4.42. The lowest BCUT2D eigenvalue weighted by Gasteiger charge is -2.20. The normalized spacial score (nSPS) is 15.3. The van der Waals surface area contributed by atoms with E-state index in [0.29, 0.717) is 6.42 Å². The average molecular weight is 343 g/mol. The molecule has 0 spiro atoms. The number of nitrogens with one attached hydrogen (secondary N) is 2. The molecule has 0 aliphatic heterocycles. The minimum absolute atomic E-state index is 0.319. The van der Waals surface area contributed by atoms with Crippen LogP contribution < -0.4 is 16.4 Å². The van der Waals surface area contributed by atoms with E-state index < -0.39 is 37.3 Å². The van der Waals surface area contributed by atoms with E-state index in [1.165, 1.54) is 13.8 Å². The fraction of sp³-hybridized carbons (Fsp3) is 0.429. The van der Waals surface area contributed by atoms with Crippen molar-refractivity contribution in [2.24, 2.45) is 5.73 Å². The van der Waals surface area contributed by atoms with Crippen molar-refractivity contribution >= 4 is 19.4 Å². The average Bonchev–Trinajstić information content (AvgIpc) is 2.46. The van der Waals surface area contributed by atoms with Gasteiger partial charge in [0.15, 0.2) is 0 Å². The van der Waals surface area contributed by atoms with E-state index >= 15 is 0 Å². The molecule has 0 saturated heterocycles. The predicted octanol–water partition coefficient (Wildman–Crippen LogP) is -0.299. The van der Waals surface area contributed by atoms with Gasteiger partial charge in [-0.3, -0.25) is 14.2 Å². The molecule has 8 nitrogen and oxygen atoms in total. The molecule has 0 heterocycles. The second kappa shape index (κ2) is 8.21. The maximum atomic E-state index is 12.0. The molecule has 1 aromatic carbocycles. The summed E-state index contributed by atoms with van der Waals surface area (Å²) in [5, 5.41) is 4.58. The van der Waals surface area contributed by atoms with Crippen LogP contribution in [0, 0.1) is 0 Å². The maximum absolute atomic E-state index is 12.0. The van der Waals surface area contributed by atoms with Crippen LogP contribution in [0.3, 0.4) is 0 Å². The number of nitrogens with two attached hydrogens (primary N) is 1. The second-order valence-corrected chi connectivity index (χ2v) is 7.25. The number of carbonyl (C=O) groups is 2. The van der Waals surface area contributed by atoms with Crippen molar-refractivity contribution in [3.63, 3.8) is 0 Å². The predicted molar refractivity (Wildman–Crippen MR) is 85.4 cm³/mol. The summed E-state index contributed by atoms with van der Waals surface area (Å²) in [5.74, 6) is -2.53. The first-order valence-corrected chi connectivity index (χ1v) is 8.75. The Morgan fingerprint density at radius 3 is 2.22 bits per heavy atom. The summed E-state index contributed by atoms with van der Waals surface area (Å²) in [4.78, 5) is 41.7. The van der Waals surface area contributed by atoms with Gasteiger partial charge in [0.1, 0.15) is 11.8 Å². The summed E-state index contributed by atoms with van der Waals surface area (Å²) in [6.07, 6.45) is 0.319. The van der Waals surface area contributed by atoms with E-state index in [2.05, 4.69) is 10.6 Å². The van der Waals surface area contributed by atoms with Crippen molar-refractivity contribution in [1.82, 2.24) is 10.6 Å². The van der Waals surface area contributed by atoms with Gasteiger partial charge in [0.25, 0.3) is 0 Å². The lowest BCUT2D eigenvalue weighted by molar-refractivity contribution is -0.129. The molecule has 0 aliphatic rings. The third-order valence-corrected chi connectivity index (χ3v) is 4.38. The van der Waals surface area contributed by atoms with Crippen LogP contribution in [0.15, 0.2) is 30.3 Å². The Kier molecular flexibility index (Phi) is 6.90. The van der Waals surface area contributed by atoms with E-state index in [9.17, 15) is 14.2 Å². The van der Waals surface area contributed by atoms with Crippen LogP contribution in [0.2, 0.25) is 0 Å². The highest BCUT2D eigenvalue weighted by Crippen LogP contribution is 2.39. The second-order valence-electron chi connectivity index (χ2n) is 5.30. The van der Waals surface area contributed by atoms with Crippen molar-refractivity contribution in [3.05, 3.63) is 35.9 Å². The first-order valence-electron chi connectivity index (χ1n) is 7.06. The molecule has 0 aromatic heterocycles. The zero-order valence-corrected chi connectivity index (χ0v) is 13.9. The smallest absolute Gasteiger partial charge is 0.343 e. The van der Waals surface area contributed by atoms with Crippen LogP contribution in [0.4, 0.5) is 0 Å². The molecule has 0 unspecified atom stereocenters. The van der Waals surface area contributed by atoms with E-state index in [1.54, 1.807) is 0 Å². The lowest BCUT2D eigenvalue weighted by Crippen LogP contribution is -2.52. The molecule has 0 radical (unpaired) electrons. The number of benzene rings is 1. The Labute approximate surface area is 134 Å². The Morgan fingerprint density at radius 2 is 1.70 bits per heavy atom. The molecule has 3 atom stereocenters. The van der Waals surface area contributed by atoms with Crippen LogP contribution in [-0.4, -0.2) is 39.5 Å². The number of carbonyl (C=O) groups excluding carboxylic acids is 2. The largest absolute Gasteiger partial charge is 0.347 e. The van der Waals surface area contributed by atoms with Gasteiger partial charge in [0.05, 0.1) is 6.04 Å². The Balaban J connectivity index is 2.52. The van der Waals surface area contributed by atoms with E-state index in [1.807, 2.05) is 30.3 Å². The van der Waals surface area contributed by atoms with Gasteiger partial charge in [-0.15, -0.1) is 0 Å². The van der Waals surface area contributed by atoms with Crippen molar-refractivity contribution in [3.8, 4) is 0 Å². The third kappa shape index (κ3) is 6.50. The Morgan fingerprint density at radius 1 is 1.13 bits per heavy atom. The number of amides is 2. The van der Waals surface area contributed by atoms with Crippen LogP contribution in [0.5, 0.6) is 0 Å². The Bertz CT molecular complexity index is 589. The van der Waals surface area contributed by atoms with Crippen LogP contribution in [0.25, 0.3) is 0 Å². The Hall–Kier alpha value is -1.73. The summed E-state index contributed by atoms with van der Waals surface area (Å²) >= 11 is 0. The molecule has 1 aromatic rings. The molecule has 2 amide bonds. The molecule has 9 heteroatoms. The number of hydrogen-bond acceptors (Lipinski definition) is 4. The van der Waals surface area contributed by atoms with Gasteiger partial charge in [-0.05, 0) is 25.8 Å². The first kappa shape index (κ1) is 19.3. The molecule has 6 N–H and O–H groups in total. The molecule has 23 heavy (non-hydrogen) atoms. The number of hydrogen-bond donors (Lipinski definition) is 5. The minimum Gasteiger partial charge on any atom is -0.343 e. The SMILES string of the molecule is C[C@H](NC(=O)[C@@H](N)Cc1ccccc1)C(=O)N[C@@H](C)P(=O)(O)O. The van der Waals surface area contributed by atoms with Gasteiger partial charge in [-0.2, -0.15) is 0 Å². The molecular weight excluding hydrogens is 321 g/mol. The topological polar surface area (TPSA) is 142 Å². The summed E-state index contributed by atoms with van der Waals surface area (Å²) in [6.45, 7) is 2.60. The highest BCUT2D eigenvalue weighted by Gasteiger charge is 2.28. The molecule has 0 bridgehead atoms. The first-order chi connectivity index (χ1) is 10.6. The van der Waals surface area contributed by atoms with Crippen molar-refractivity contribution in [1.29, 1.82) is 0 Å². The van der Waals surface area contributed by atoms with Crippen molar-refractivity contribution in [2.45, 2.75) is 38.1 Å². The molecule has 0 saturated carbocycles. The molecule has 128 valence electrons. The molecular formula is C14H22N3O5P. The van der Waals surface area contributed by atoms with Crippen molar-refractivity contribution in [2.75, 3.05) is 0 Å². The van der Waals surface area contributed by atoms with Crippen LogP contribution in [0.1, 0.15) is 19.4 Å². The standard InChI is InChI=1S/C14H22N3O5P/c1-9(13(18)17-10(2)23(20,21)22)16-14(19)12(15)8-11-6-4-3-5-7-11/h3-7,9-10,12H,8,15H2,1-2H3,(H,16,19)(H,17,18)(H2,20,21,22)/t9-,10+,12-/m0/s1. The van der Waals surface area contributed by atoms with Gasteiger partial charge >= 0.3 is 7.60 Å². The number of rotatable bonds is 7. The summed E-state index contributed by atoms with van der Waals surface area (Å²) in [5.41, 5.74) is 6.69. The van der Waals surface area contributed by atoms with Crippen LogP contribution in [-0.2, 0) is 20.6 Å². The zero-order chi connectivity index (χ0) is 17.6. The monoisotopic (exact) mass is 343 g/mol. The fourth-order valence-corrected chi connectivity index (χ4v) is 2.06. The summed E-state index contributed by atoms with van der Waals surface area (Å²) < 4.78 is 11.0. The summed E-state index contributed by atoms with van der Waals surface area (Å²) in [7, 11) is -4.42. The van der Waals surface area contributed by atoms with Crippen LogP contribution >= 0.6 is 7.60 Å². The highest BCUT2D eigenvalue weighted by molar-refractivity contribution is 7.52. The van der Waals surface area contributed by atoms with E-state index in [-0.39, 0.29) is 0 Å². The van der Waals surface area contributed by atoms with Gasteiger partial charge in [0, 0.05) is 0 Å². The van der Waals surface area contributed by atoms with E-state index in [4.69, 9.17) is 15.5 Å². The van der Waals surface area contributed by atoms with Gasteiger partial charge in [-0.25, -0.2) is 0 Å². The molecule has 1 rings (SSSR count). The quantitative estimate of drug-likeness (QED) is 0.430. The maximum Gasteiger partial charge on any atom is 0.347 e. The summed E-state index contributed by atoms with van der Waals surface area (Å²) in [6, 6.07) is 7.41. The van der Waals surface area contributed by atoms with Gasteiger partial charge < -0.3 is 26.2 Å².